The highest BCUT2D eigenvalue weighted by Crippen LogP contribution is 2.60. The van der Waals surface area contributed by atoms with Gasteiger partial charge in [0.25, 0.3) is 0 Å². The Hall–Kier alpha value is -1.62. The molecule has 4 fully saturated rings. The molecule has 26 heavy (non-hydrogen) atoms. The van der Waals surface area contributed by atoms with Gasteiger partial charge in [0, 0.05) is 23.7 Å². The molecule has 5 nitrogen and oxygen atoms in total. The minimum absolute atomic E-state index is 0.159. The van der Waals surface area contributed by atoms with Gasteiger partial charge in [0.15, 0.2) is 0 Å². The topological polar surface area (TPSA) is 68.3 Å². The fraction of sp³-hybridized carbons (Fsp3) is 0.650. The van der Waals surface area contributed by atoms with Crippen LogP contribution in [0.15, 0.2) is 18.3 Å². The molecular weight excluding hydrogens is 352 g/mol. The summed E-state index contributed by atoms with van der Waals surface area (Å²) < 4.78 is 5.23. The molecule has 4 bridgehead atoms. The summed E-state index contributed by atoms with van der Waals surface area (Å²) in [7, 11) is 0. The highest BCUT2D eigenvalue weighted by Gasteiger charge is 2.54. The van der Waals surface area contributed by atoms with Gasteiger partial charge in [-0.25, -0.2) is 4.98 Å². The maximum absolute atomic E-state index is 12.8. The fourth-order valence-electron chi connectivity index (χ4n) is 5.58. The second-order valence-electron chi connectivity index (χ2n) is 8.35. The molecule has 0 aromatic carbocycles. The molecule has 1 heterocycles. The number of hydrogen-bond acceptors (Lipinski definition) is 4. The van der Waals surface area contributed by atoms with Crippen molar-refractivity contribution >= 4 is 23.5 Å². The zero-order valence-electron chi connectivity index (χ0n) is 14.9. The Morgan fingerprint density at radius 2 is 1.81 bits per heavy atom. The molecule has 0 saturated heterocycles. The van der Waals surface area contributed by atoms with Crippen molar-refractivity contribution in [1.82, 2.24) is 10.3 Å². The van der Waals surface area contributed by atoms with Gasteiger partial charge in [-0.15, -0.1) is 0 Å². The minimum atomic E-state index is -0.314. The van der Waals surface area contributed by atoms with Crippen LogP contribution in [0.3, 0.4) is 0 Å². The van der Waals surface area contributed by atoms with Crippen LogP contribution in [0.4, 0.5) is 0 Å². The van der Waals surface area contributed by atoms with Crippen LogP contribution < -0.4 is 5.32 Å². The Bertz CT molecular complexity index is 654. The van der Waals surface area contributed by atoms with E-state index in [1.54, 1.807) is 18.3 Å². The predicted octanol–water partition coefficient (Wildman–Crippen LogP) is 3.50. The molecular formula is C20H25ClN2O3. The standard InChI is InChI=1S/C20H25ClN2O3/c21-17-2-1-13(11-23-17)12-26-18(24)3-4-22-19(25)20-8-14-5-15(9-20)7-16(6-14)10-20/h1-2,11,14-16H,3-10,12H2,(H,22,25). The number of carbonyl (C=O) groups is 2. The van der Waals surface area contributed by atoms with E-state index < -0.39 is 0 Å². The van der Waals surface area contributed by atoms with E-state index in [0.29, 0.717) is 11.7 Å². The summed E-state index contributed by atoms with van der Waals surface area (Å²) in [4.78, 5) is 28.6. The van der Waals surface area contributed by atoms with E-state index in [4.69, 9.17) is 16.3 Å². The first-order chi connectivity index (χ1) is 12.5. The second-order valence-corrected chi connectivity index (χ2v) is 8.74. The Morgan fingerprint density at radius 3 is 2.38 bits per heavy atom. The third kappa shape index (κ3) is 3.73. The van der Waals surface area contributed by atoms with E-state index in [1.807, 2.05) is 0 Å². The Labute approximate surface area is 158 Å². The lowest BCUT2D eigenvalue weighted by atomic mass is 9.49. The van der Waals surface area contributed by atoms with E-state index >= 15 is 0 Å². The third-order valence-corrected chi connectivity index (χ3v) is 6.55. The molecule has 6 heteroatoms. The first-order valence-corrected chi connectivity index (χ1v) is 9.94. The van der Waals surface area contributed by atoms with Crippen LogP contribution in [0.5, 0.6) is 0 Å². The first-order valence-electron chi connectivity index (χ1n) is 9.57. The zero-order valence-corrected chi connectivity index (χ0v) is 15.6. The zero-order chi connectivity index (χ0) is 18.1. The number of rotatable bonds is 6. The van der Waals surface area contributed by atoms with Crippen LogP contribution in [0.1, 0.15) is 50.5 Å². The van der Waals surface area contributed by atoms with Crippen molar-refractivity contribution in [3.8, 4) is 0 Å². The Balaban J connectivity index is 1.21. The normalized spacial score (nSPS) is 31.7. The van der Waals surface area contributed by atoms with Gasteiger partial charge >= 0.3 is 5.97 Å². The summed E-state index contributed by atoms with van der Waals surface area (Å²) in [6.07, 6.45) is 8.86. The molecule has 1 amide bonds. The number of aromatic nitrogens is 1. The van der Waals surface area contributed by atoms with Crippen LogP contribution in [-0.2, 0) is 20.9 Å². The average Bonchev–Trinajstić information content (AvgIpc) is 2.60. The van der Waals surface area contributed by atoms with Crippen molar-refractivity contribution < 1.29 is 14.3 Å². The average molecular weight is 377 g/mol. The monoisotopic (exact) mass is 376 g/mol. The SMILES string of the molecule is O=C(CCNC(=O)C12CC3CC(CC(C3)C1)C2)OCc1ccc(Cl)nc1. The maximum Gasteiger partial charge on any atom is 0.307 e. The number of nitrogens with zero attached hydrogens (tertiary/aromatic N) is 1. The Morgan fingerprint density at radius 1 is 1.15 bits per heavy atom. The maximum atomic E-state index is 12.8. The van der Waals surface area contributed by atoms with E-state index in [1.165, 1.54) is 19.3 Å². The summed E-state index contributed by atoms with van der Waals surface area (Å²) in [6, 6.07) is 3.44. The van der Waals surface area contributed by atoms with Crippen LogP contribution in [0.25, 0.3) is 0 Å². The number of ether oxygens (including phenoxy) is 1. The number of nitrogens with one attached hydrogen (secondary N) is 1. The van der Waals surface area contributed by atoms with Gasteiger partial charge in [0.05, 0.1) is 6.42 Å². The summed E-state index contributed by atoms with van der Waals surface area (Å²) in [5.41, 5.74) is 0.633. The molecule has 1 aromatic heterocycles. The van der Waals surface area contributed by atoms with Crippen molar-refractivity contribution in [2.24, 2.45) is 23.2 Å². The number of carbonyl (C=O) groups excluding carboxylic acids is 2. The summed E-state index contributed by atoms with van der Waals surface area (Å²) >= 11 is 5.73. The van der Waals surface area contributed by atoms with Gasteiger partial charge in [-0.05, 0) is 62.3 Å². The van der Waals surface area contributed by atoms with E-state index in [-0.39, 0.29) is 30.3 Å². The van der Waals surface area contributed by atoms with Gasteiger partial charge in [-0.3, -0.25) is 9.59 Å². The molecule has 140 valence electrons. The van der Waals surface area contributed by atoms with Crippen LogP contribution in [-0.4, -0.2) is 23.4 Å². The predicted molar refractivity (Wildman–Crippen MR) is 97.3 cm³/mol. The largest absolute Gasteiger partial charge is 0.461 e. The molecule has 4 aliphatic carbocycles. The lowest BCUT2D eigenvalue weighted by Crippen LogP contribution is -2.53. The lowest BCUT2D eigenvalue weighted by Gasteiger charge is -2.55. The van der Waals surface area contributed by atoms with Crippen molar-refractivity contribution in [2.75, 3.05) is 6.54 Å². The van der Waals surface area contributed by atoms with Crippen molar-refractivity contribution in [1.29, 1.82) is 0 Å². The van der Waals surface area contributed by atoms with E-state index in [0.717, 1.165) is 42.6 Å². The summed E-state index contributed by atoms with van der Waals surface area (Å²) in [5.74, 6) is 2.07. The first kappa shape index (κ1) is 17.8. The van der Waals surface area contributed by atoms with Gasteiger partial charge < -0.3 is 10.1 Å². The van der Waals surface area contributed by atoms with Crippen molar-refractivity contribution in [2.45, 2.75) is 51.6 Å². The van der Waals surface area contributed by atoms with Gasteiger partial charge in [-0.2, -0.15) is 0 Å². The number of pyridine rings is 1. The van der Waals surface area contributed by atoms with Gasteiger partial charge in [-0.1, -0.05) is 17.7 Å². The minimum Gasteiger partial charge on any atom is -0.461 e. The molecule has 5 rings (SSSR count). The molecule has 1 N–H and O–H groups in total. The quantitative estimate of drug-likeness (QED) is 0.609. The second kappa shape index (κ2) is 7.18. The number of amides is 1. The molecule has 1 aromatic rings. The molecule has 0 atom stereocenters. The number of esters is 1. The smallest absolute Gasteiger partial charge is 0.307 e. The molecule has 0 aliphatic heterocycles. The van der Waals surface area contributed by atoms with Crippen LogP contribution in [0, 0.1) is 23.2 Å². The fourth-order valence-corrected chi connectivity index (χ4v) is 5.69. The highest BCUT2D eigenvalue weighted by atomic mass is 35.5. The highest BCUT2D eigenvalue weighted by molar-refractivity contribution is 6.29. The molecule has 4 saturated carbocycles. The van der Waals surface area contributed by atoms with E-state index in [9.17, 15) is 9.59 Å². The Kier molecular flexibility index (Phi) is 4.91. The molecule has 0 spiro atoms. The van der Waals surface area contributed by atoms with Crippen molar-refractivity contribution in [3.63, 3.8) is 0 Å². The molecule has 0 unspecified atom stereocenters. The molecule has 0 radical (unpaired) electrons. The summed E-state index contributed by atoms with van der Waals surface area (Å²) in [6.45, 7) is 0.518. The number of hydrogen-bond donors (Lipinski definition) is 1. The van der Waals surface area contributed by atoms with Crippen LogP contribution in [0.2, 0.25) is 5.15 Å². The van der Waals surface area contributed by atoms with E-state index in [2.05, 4.69) is 10.3 Å². The van der Waals surface area contributed by atoms with Gasteiger partial charge in [0.2, 0.25) is 5.91 Å². The van der Waals surface area contributed by atoms with Crippen LogP contribution >= 0.6 is 11.6 Å². The number of halogens is 1. The lowest BCUT2D eigenvalue weighted by molar-refractivity contribution is -0.147. The summed E-state index contributed by atoms with van der Waals surface area (Å²) in [5, 5.41) is 3.42. The van der Waals surface area contributed by atoms with Gasteiger partial charge in [0.1, 0.15) is 11.8 Å². The molecule has 4 aliphatic rings. The third-order valence-electron chi connectivity index (χ3n) is 6.32. The van der Waals surface area contributed by atoms with Crippen molar-refractivity contribution in [3.05, 3.63) is 29.0 Å².